The lowest BCUT2D eigenvalue weighted by atomic mass is 10.00. The molecule has 3 nitrogen and oxygen atoms in total. The standard InChI is InChI=1S/C14H11N3/c15-7-8-1-4-11-12(5-8)17-14-10-3-2-9(6-10)13(14)16-11/h1,4-5,9-10H,2-3,6H2/t9-,10+/m1/s1. The van der Waals surface area contributed by atoms with E-state index in [4.69, 9.17) is 15.2 Å². The zero-order chi connectivity index (χ0) is 11.4. The summed E-state index contributed by atoms with van der Waals surface area (Å²) in [5.41, 5.74) is 4.88. The van der Waals surface area contributed by atoms with Gasteiger partial charge in [0.25, 0.3) is 0 Å². The van der Waals surface area contributed by atoms with Gasteiger partial charge in [-0.1, -0.05) is 0 Å². The lowest BCUT2D eigenvalue weighted by Gasteiger charge is -2.13. The molecule has 1 fully saturated rings. The molecule has 0 aliphatic heterocycles. The molecule has 1 aromatic heterocycles. The van der Waals surface area contributed by atoms with Crippen LogP contribution in [0.5, 0.6) is 0 Å². The summed E-state index contributed by atoms with van der Waals surface area (Å²) >= 11 is 0. The zero-order valence-electron chi connectivity index (χ0n) is 9.35. The topological polar surface area (TPSA) is 49.6 Å². The average molecular weight is 221 g/mol. The molecular formula is C14H11N3. The van der Waals surface area contributed by atoms with Gasteiger partial charge in [0.15, 0.2) is 0 Å². The van der Waals surface area contributed by atoms with Crippen LogP contribution in [0, 0.1) is 11.3 Å². The first-order valence-electron chi connectivity index (χ1n) is 6.07. The van der Waals surface area contributed by atoms with Crippen LogP contribution in [-0.2, 0) is 0 Å². The van der Waals surface area contributed by atoms with Crippen LogP contribution in [0.4, 0.5) is 0 Å². The van der Waals surface area contributed by atoms with Crippen molar-refractivity contribution in [3.05, 3.63) is 35.2 Å². The van der Waals surface area contributed by atoms with Gasteiger partial charge in [-0.15, -0.1) is 0 Å². The largest absolute Gasteiger partial charge is 0.249 e. The predicted molar refractivity (Wildman–Crippen MR) is 63.6 cm³/mol. The van der Waals surface area contributed by atoms with E-state index in [-0.39, 0.29) is 0 Å². The van der Waals surface area contributed by atoms with Gasteiger partial charge < -0.3 is 0 Å². The minimum atomic E-state index is 0.623. The van der Waals surface area contributed by atoms with E-state index in [0.29, 0.717) is 17.4 Å². The maximum Gasteiger partial charge on any atom is 0.0992 e. The van der Waals surface area contributed by atoms with E-state index in [0.717, 1.165) is 11.0 Å². The van der Waals surface area contributed by atoms with Crippen molar-refractivity contribution in [1.29, 1.82) is 5.26 Å². The van der Waals surface area contributed by atoms with Crippen molar-refractivity contribution in [2.45, 2.75) is 31.1 Å². The number of hydrogen-bond donors (Lipinski definition) is 0. The fraction of sp³-hybridized carbons (Fsp3) is 0.357. The zero-order valence-corrected chi connectivity index (χ0v) is 9.35. The molecule has 3 heteroatoms. The maximum atomic E-state index is 8.90. The monoisotopic (exact) mass is 221 g/mol. The fourth-order valence-corrected chi connectivity index (χ4v) is 3.23. The number of fused-ring (bicyclic) bond motifs is 6. The van der Waals surface area contributed by atoms with Gasteiger partial charge in [0.05, 0.1) is 34.1 Å². The molecule has 0 unspecified atom stereocenters. The van der Waals surface area contributed by atoms with Crippen LogP contribution in [-0.4, -0.2) is 9.97 Å². The minimum Gasteiger partial charge on any atom is -0.249 e. The summed E-state index contributed by atoms with van der Waals surface area (Å²) in [5, 5.41) is 8.90. The SMILES string of the molecule is N#Cc1ccc2nc3c(nc2c1)[C@H]1CC[C@@H]3C1. The van der Waals surface area contributed by atoms with Gasteiger partial charge in [-0.3, -0.25) is 0 Å². The van der Waals surface area contributed by atoms with Crippen LogP contribution in [0.1, 0.15) is 48.0 Å². The second-order valence-corrected chi connectivity index (χ2v) is 5.02. The Morgan fingerprint density at radius 3 is 2.47 bits per heavy atom. The minimum absolute atomic E-state index is 0.623. The van der Waals surface area contributed by atoms with Crippen LogP contribution in [0.15, 0.2) is 18.2 Å². The Morgan fingerprint density at radius 2 is 1.76 bits per heavy atom. The van der Waals surface area contributed by atoms with E-state index in [2.05, 4.69) is 6.07 Å². The molecule has 2 atom stereocenters. The molecule has 2 aliphatic carbocycles. The van der Waals surface area contributed by atoms with Crippen molar-refractivity contribution in [1.82, 2.24) is 9.97 Å². The summed E-state index contributed by atoms with van der Waals surface area (Å²) in [5.74, 6) is 1.26. The summed E-state index contributed by atoms with van der Waals surface area (Å²) in [7, 11) is 0. The average Bonchev–Trinajstić information content (AvgIpc) is 2.97. The lowest BCUT2D eigenvalue weighted by Crippen LogP contribution is -2.04. The second kappa shape index (κ2) is 3.04. The molecule has 4 rings (SSSR count). The van der Waals surface area contributed by atoms with Gasteiger partial charge in [0, 0.05) is 11.8 Å². The molecular weight excluding hydrogens is 210 g/mol. The van der Waals surface area contributed by atoms with Crippen LogP contribution in [0.25, 0.3) is 11.0 Å². The van der Waals surface area contributed by atoms with Crippen LogP contribution in [0.2, 0.25) is 0 Å². The van der Waals surface area contributed by atoms with Crippen LogP contribution in [0.3, 0.4) is 0 Å². The molecule has 2 aliphatic rings. The smallest absolute Gasteiger partial charge is 0.0992 e. The van der Waals surface area contributed by atoms with Gasteiger partial charge >= 0.3 is 0 Å². The third kappa shape index (κ3) is 1.15. The molecule has 1 heterocycles. The van der Waals surface area contributed by atoms with Gasteiger partial charge in [-0.2, -0.15) is 5.26 Å². The highest BCUT2D eigenvalue weighted by Gasteiger charge is 2.39. The van der Waals surface area contributed by atoms with E-state index < -0.39 is 0 Å². The first-order valence-corrected chi connectivity index (χ1v) is 6.07. The van der Waals surface area contributed by atoms with Crippen molar-refractivity contribution in [3.63, 3.8) is 0 Å². The summed E-state index contributed by atoms with van der Waals surface area (Å²) in [6.45, 7) is 0. The number of nitriles is 1. The van der Waals surface area contributed by atoms with Crippen molar-refractivity contribution < 1.29 is 0 Å². The molecule has 1 aromatic carbocycles. The highest BCUT2D eigenvalue weighted by atomic mass is 14.9. The number of aromatic nitrogens is 2. The molecule has 0 radical (unpaired) electrons. The van der Waals surface area contributed by atoms with Crippen molar-refractivity contribution >= 4 is 11.0 Å². The number of benzene rings is 1. The molecule has 0 N–H and O–H groups in total. The first kappa shape index (κ1) is 9.12. The highest BCUT2D eigenvalue weighted by Crippen LogP contribution is 2.51. The van der Waals surface area contributed by atoms with E-state index in [1.807, 2.05) is 18.2 Å². The van der Waals surface area contributed by atoms with Crippen molar-refractivity contribution in [2.75, 3.05) is 0 Å². The normalized spacial score (nSPS) is 24.9. The van der Waals surface area contributed by atoms with E-state index >= 15 is 0 Å². The first-order chi connectivity index (χ1) is 8.35. The Labute approximate surface area is 99.1 Å². The Kier molecular flexibility index (Phi) is 1.63. The number of rotatable bonds is 0. The Bertz CT molecular complexity index is 669. The summed E-state index contributed by atoms with van der Waals surface area (Å²) in [6.07, 6.45) is 3.76. The summed E-state index contributed by atoms with van der Waals surface area (Å²) < 4.78 is 0. The molecule has 82 valence electrons. The second-order valence-electron chi connectivity index (χ2n) is 5.02. The molecule has 2 aromatic rings. The van der Waals surface area contributed by atoms with E-state index in [9.17, 15) is 0 Å². The molecule has 17 heavy (non-hydrogen) atoms. The predicted octanol–water partition coefficient (Wildman–Crippen LogP) is 2.87. The molecule has 2 bridgehead atoms. The van der Waals surface area contributed by atoms with Crippen molar-refractivity contribution in [3.8, 4) is 6.07 Å². The van der Waals surface area contributed by atoms with Crippen molar-refractivity contribution in [2.24, 2.45) is 0 Å². The summed E-state index contributed by atoms with van der Waals surface area (Å²) in [6, 6.07) is 7.72. The molecule has 0 amide bonds. The molecule has 1 saturated carbocycles. The number of nitrogens with zero attached hydrogens (tertiary/aromatic N) is 3. The van der Waals surface area contributed by atoms with E-state index in [1.165, 1.54) is 30.7 Å². The third-order valence-electron chi connectivity index (χ3n) is 4.05. The Balaban J connectivity index is 2.01. The summed E-state index contributed by atoms with van der Waals surface area (Å²) in [4.78, 5) is 9.48. The lowest BCUT2D eigenvalue weighted by molar-refractivity contribution is 0.685. The third-order valence-corrected chi connectivity index (χ3v) is 4.05. The van der Waals surface area contributed by atoms with E-state index in [1.54, 1.807) is 0 Å². The quantitative estimate of drug-likeness (QED) is 0.687. The maximum absolute atomic E-state index is 8.90. The van der Waals surface area contributed by atoms with Gasteiger partial charge in [-0.25, -0.2) is 9.97 Å². The fourth-order valence-electron chi connectivity index (χ4n) is 3.23. The van der Waals surface area contributed by atoms with Gasteiger partial charge in [-0.05, 0) is 37.5 Å². The Hall–Kier alpha value is -1.95. The van der Waals surface area contributed by atoms with Gasteiger partial charge in [0.1, 0.15) is 0 Å². The number of hydrogen-bond acceptors (Lipinski definition) is 3. The van der Waals surface area contributed by atoms with Gasteiger partial charge in [0.2, 0.25) is 0 Å². The highest BCUT2D eigenvalue weighted by molar-refractivity contribution is 5.76. The van der Waals surface area contributed by atoms with Crippen LogP contribution < -0.4 is 0 Å². The molecule has 0 saturated heterocycles. The Morgan fingerprint density at radius 1 is 1.06 bits per heavy atom. The van der Waals surface area contributed by atoms with Crippen LogP contribution >= 0.6 is 0 Å². The molecule has 0 spiro atoms.